The highest BCUT2D eigenvalue weighted by molar-refractivity contribution is 7.92. The third-order valence-corrected chi connectivity index (χ3v) is 4.38. The Morgan fingerprint density at radius 2 is 2.13 bits per heavy atom. The molecule has 4 nitrogen and oxygen atoms in total. The highest BCUT2D eigenvalue weighted by Crippen LogP contribution is 2.21. The highest BCUT2D eigenvalue weighted by atomic mass is 35.5. The topological polar surface area (TPSA) is 63.2 Å². The van der Waals surface area contributed by atoms with Crippen molar-refractivity contribution in [3.63, 3.8) is 0 Å². The van der Waals surface area contributed by atoms with Crippen LogP contribution in [0.5, 0.6) is 0 Å². The highest BCUT2D eigenvalue weighted by Gasteiger charge is 2.21. The molecule has 0 unspecified atom stereocenters. The Balaban J connectivity index is 2.53. The van der Waals surface area contributed by atoms with Crippen molar-refractivity contribution in [3.8, 4) is 0 Å². The van der Waals surface area contributed by atoms with Gasteiger partial charge >= 0.3 is 0 Å². The van der Waals surface area contributed by atoms with E-state index < -0.39 is 15.0 Å². The lowest BCUT2D eigenvalue weighted by atomic mass is 10.1. The summed E-state index contributed by atoms with van der Waals surface area (Å²) in [5, 5.41) is 2.16. The summed E-state index contributed by atoms with van der Waals surface area (Å²) in [6, 6.07) is 4.41. The van der Waals surface area contributed by atoms with Gasteiger partial charge in [0.05, 0.1) is 4.90 Å². The van der Waals surface area contributed by atoms with E-state index >= 15 is 0 Å². The Kier molecular flexibility index (Phi) is 2.44. The first-order chi connectivity index (χ1) is 7.04. The number of sulfone groups is 1. The number of carbonyl (C=O) groups excluding carboxylic acids is 1. The SMILES string of the molecule is O=C1NCc2cc(S(=O)(=O)CCl)ccc21. The van der Waals surface area contributed by atoms with Crippen molar-refractivity contribution >= 4 is 27.3 Å². The fourth-order valence-corrected chi connectivity index (χ4v) is 2.57. The van der Waals surface area contributed by atoms with Gasteiger partial charge in [0.25, 0.3) is 5.91 Å². The second kappa shape index (κ2) is 3.50. The summed E-state index contributed by atoms with van der Waals surface area (Å²) in [4.78, 5) is 11.4. The lowest BCUT2D eigenvalue weighted by Gasteiger charge is -2.02. The molecule has 1 aliphatic heterocycles. The number of amides is 1. The van der Waals surface area contributed by atoms with Gasteiger partial charge in [-0.2, -0.15) is 0 Å². The Morgan fingerprint density at radius 1 is 1.40 bits per heavy atom. The summed E-state index contributed by atoms with van der Waals surface area (Å²) in [5.74, 6) is -0.167. The number of fused-ring (bicyclic) bond motifs is 1. The van der Waals surface area contributed by atoms with E-state index in [-0.39, 0.29) is 10.8 Å². The van der Waals surface area contributed by atoms with Gasteiger partial charge in [-0.1, -0.05) is 0 Å². The number of halogens is 1. The molecular weight excluding hydrogens is 238 g/mol. The molecule has 1 N–H and O–H groups in total. The molecule has 0 bridgehead atoms. The minimum absolute atomic E-state index is 0.160. The molecule has 1 heterocycles. The zero-order valence-corrected chi connectivity index (χ0v) is 9.23. The van der Waals surface area contributed by atoms with Crippen molar-refractivity contribution in [1.82, 2.24) is 5.32 Å². The quantitative estimate of drug-likeness (QED) is 0.788. The molecule has 0 saturated carbocycles. The molecule has 0 spiro atoms. The summed E-state index contributed by atoms with van der Waals surface area (Å²) in [6.07, 6.45) is 0. The van der Waals surface area contributed by atoms with Gasteiger partial charge in [0.15, 0.2) is 9.84 Å². The molecule has 1 aromatic rings. The lowest BCUT2D eigenvalue weighted by Crippen LogP contribution is -2.12. The third-order valence-electron chi connectivity index (χ3n) is 2.26. The van der Waals surface area contributed by atoms with Crippen LogP contribution in [0.1, 0.15) is 15.9 Å². The first kappa shape index (κ1) is 10.4. The molecule has 0 fully saturated rings. The maximum absolute atomic E-state index is 11.4. The van der Waals surface area contributed by atoms with Crippen molar-refractivity contribution < 1.29 is 13.2 Å². The smallest absolute Gasteiger partial charge is 0.251 e. The number of carbonyl (C=O) groups is 1. The normalized spacial score (nSPS) is 14.9. The zero-order valence-electron chi connectivity index (χ0n) is 7.66. The standard InChI is InChI=1S/C9H8ClNO3S/c10-5-15(13,14)7-1-2-8-6(3-7)4-11-9(8)12/h1-3H,4-5H2,(H,11,12). The van der Waals surface area contributed by atoms with Crippen LogP contribution in [0.25, 0.3) is 0 Å². The van der Waals surface area contributed by atoms with E-state index in [0.717, 1.165) is 0 Å². The minimum atomic E-state index is -3.41. The molecule has 6 heteroatoms. The number of benzene rings is 1. The molecule has 2 rings (SSSR count). The van der Waals surface area contributed by atoms with E-state index in [1.54, 1.807) is 0 Å². The van der Waals surface area contributed by atoms with Crippen LogP contribution in [0.3, 0.4) is 0 Å². The van der Waals surface area contributed by atoms with Crippen LogP contribution >= 0.6 is 11.6 Å². The molecule has 80 valence electrons. The Morgan fingerprint density at radius 3 is 2.80 bits per heavy atom. The summed E-state index contributed by atoms with van der Waals surface area (Å²) in [6.45, 7) is 0.375. The van der Waals surface area contributed by atoms with Crippen LogP contribution in [-0.4, -0.2) is 19.5 Å². The van der Waals surface area contributed by atoms with Gasteiger partial charge in [-0.3, -0.25) is 4.79 Å². The molecule has 15 heavy (non-hydrogen) atoms. The predicted octanol–water partition coefficient (Wildman–Crippen LogP) is 0.900. The first-order valence-electron chi connectivity index (χ1n) is 4.24. The van der Waals surface area contributed by atoms with Gasteiger partial charge in [0, 0.05) is 12.1 Å². The van der Waals surface area contributed by atoms with Crippen molar-refractivity contribution in [3.05, 3.63) is 29.3 Å². The van der Waals surface area contributed by atoms with E-state index in [2.05, 4.69) is 5.32 Å². The summed E-state index contributed by atoms with van der Waals surface area (Å²) in [5.41, 5.74) is 1.23. The van der Waals surface area contributed by atoms with Crippen LogP contribution in [0.4, 0.5) is 0 Å². The van der Waals surface area contributed by atoms with Gasteiger partial charge in [-0.15, -0.1) is 11.6 Å². The van der Waals surface area contributed by atoms with Gasteiger partial charge < -0.3 is 5.32 Å². The van der Waals surface area contributed by atoms with E-state index in [0.29, 0.717) is 17.7 Å². The number of alkyl halides is 1. The number of nitrogens with one attached hydrogen (secondary N) is 1. The number of hydrogen-bond acceptors (Lipinski definition) is 3. The van der Waals surface area contributed by atoms with Crippen molar-refractivity contribution in [2.45, 2.75) is 11.4 Å². The third kappa shape index (κ3) is 1.72. The van der Waals surface area contributed by atoms with Crippen LogP contribution in [0, 0.1) is 0 Å². The maximum Gasteiger partial charge on any atom is 0.251 e. The van der Waals surface area contributed by atoms with Crippen LogP contribution in [0.15, 0.2) is 23.1 Å². The van der Waals surface area contributed by atoms with Gasteiger partial charge in [0.1, 0.15) is 5.21 Å². The fraction of sp³-hybridized carbons (Fsp3) is 0.222. The van der Waals surface area contributed by atoms with Gasteiger partial charge in [0.2, 0.25) is 0 Å². The fourth-order valence-electron chi connectivity index (χ4n) is 1.47. The first-order valence-corrected chi connectivity index (χ1v) is 6.43. The number of hydrogen-bond donors (Lipinski definition) is 1. The molecule has 1 aliphatic rings. The molecule has 1 amide bonds. The molecule has 1 aromatic carbocycles. The van der Waals surface area contributed by atoms with Crippen molar-refractivity contribution in [2.75, 3.05) is 5.21 Å². The molecule has 0 atom stereocenters. The molecule has 0 aromatic heterocycles. The largest absolute Gasteiger partial charge is 0.348 e. The average molecular weight is 246 g/mol. The summed E-state index contributed by atoms with van der Waals surface area (Å²) >= 11 is 5.34. The molecule has 0 saturated heterocycles. The molecule has 0 aliphatic carbocycles. The summed E-state index contributed by atoms with van der Waals surface area (Å²) < 4.78 is 22.9. The minimum Gasteiger partial charge on any atom is -0.348 e. The molecular formula is C9H8ClNO3S. The van der Waals surface area contributed by atoms with Crippen LogP contribution in [0.2, 0.25) is 0 Å². The Hall–Kier alpha value is -1.07. The predicted molar refractivity (Wildman–Crippen MR) is 55.5 cm³/mol. The maximum atomic E-state index is 11.4. The Bertz CT molecular complexity index is 524. The molecule has 0 radical (unpaired) electrons. The van der Waals surface area contributed by atoms with Gasteiger partial charge in [-0.05, 0) is 23.8 Å². The van der Waals surface area contributed by atoms with Crippen LogP contribution < -0.4 is 5.32 Å². The second-order valence-corrected chi connectivity index (χ2v) is 5.80. The van der Waals surface area contributed by atoms with Gasteiger partial charge in [-0.25, -0.2) is 8.42 Å². The lowest BCUT2D eigenvalue weighted by molar-refractivity contribution is 0.0965. The van der Waals surface area contributed by atoms with E-state index in [1.807, 2.05) is 0 Å². The van der Waals surface area contributed by atoms with Crippen molar-refractivity contribution in [1.29, 1.82) is 0 Å². The van der Waals surface area contributed by atoms with E-state index in [9.17, 15) is 13.2 Å². The summed E-state index contributed by atoms with van der Waals surface area (Å²) in [7, 11) is -3.41. The second-order valence-electron chi connectivity index (χ2n) is 3.23. The van der Waals surface area contributed by atoms with Crippen molar-refractivity contribution in [2.24, 2.45) is 0 Å². The monoisotopic (exact) mass is 245 g/mol. The van der Waals surface area contributed by atoms with Crippen LogP contribution in [-0.2, 0) is 16.4 Å². The number of rotatable bonds is 2. The average Bonchev–Trinajstić information content (AvgIpc) is 2.60. The zero-order chi connectivity index (χ0) is 11.1. The van der Waals surface area contributed by atoms with E-state index in [1.165, 1.54) is 18.2 Å². The Labute approximate surface area is 92.2 Å². The van der Waals surface area contributed by atoms with E-state index in [4.69, 9.17) is 11.6 Å².